The first-order chi connectivity index (χ1) is 13.8. The first kappa shape index (κ1) is 20.6. The number of aromatic nitrogens is 1. The molecule has 154 valence electrons. The number of likely N-dealkylation sites (tertiary alicyclic amines) is 1. The fourth-order valence-electron chi connectivity index (χ4n) is 3.93. The van der Waals surface area contributed by atoms with Gasteiger partial charge in [-0.2, -0.15) is 0 Å². The van der Waals surface area contributed by atoms with Gasteiger partial charge in [0.25, 0.3) is 0 Å². The molecule has 0 bridgehead atoms. The van der Waals surface area contributed by atoms with Gasteiger partial charge in [-0.1, -0.05) is 12.8 Å². The Bertz CT molecular complexity index is 748. The van der Waals surface area contributed by atoms with E-state index >= 15 is 0 Å². The molecule has 1 aromatic carbocycles. The number of nitrogens with zero attached hydrogens (tertiary/aromatic N) is 2. The number of aliphatic imine (C=N–C) groups is 1. The number of halogens is 1. The van der Waals surface area contributed by atoms with Crippen LogP contribution in [-0.4, -0.2) is 55.6 Å². The maximum absolute atomic E-state index is 13.3. The number of benzene rings is 1. The van der Waals surface area contributed by atoms with Crippen LogP contribution in [0, 0.1) is 5.82 Å². The van der Waals surface area contributed by atoms with Crippen molar-refractivity contribution in [1.82, 2.24) is 20.5 Å². The summed E-state index contributed by atoms with van der Waals surface area (Å²) in [7, 11) is 1.81. The Balaban J connectivity index is 1.29. The van der Waals surface area contributed by atoms with E-state index in [2.05, 4.69) is 25.5 Å². The lowest BCUT2D eigenvalue weighted by Gasteiger charge is -2.26. The fourth-order valence-corrected chi connectivity index (χ4v) is 3.93. The molecule has 5 nitrogen and oxygen atoms in total. The van der Waals surface area contributed by atoms with Crippen molar-refractivity contribution >= 4 is 16.9 Å². The highest BCUT2D eigenvalue weighted by atomic mass is 19.1. The smallest absolute Gasteiger partial charge is 0.190 e. The lowest BCUT2D eigenvalue weighted by molar-refractivity contribution is 0.224. The third-order valence-corrected chi connectivity index (χ3v) is 5.53. The summed E-state index contributed by atoms with van der Waals surface area (Å²) >= 11 is 0. The van der Waals surface area contributed by atoms with Crippen molar-refractivity contribution in [2.45, 2.75) is 44.9 Å². The van der Waals surface area contributed by atoms with Crippen molar-refractivity contribution in [3.05, 3.63) is 35.8 Å². The molecule has 1 aliphatic rings. The molecule has 2 heterocycles. The molecule has 0 aliphatic carbocycles. The standard InChI is InChI=1S/C22H34FN5/c1-24-22(25-11-4-2-5-13-28-14-6-3-7-15-28)26-12-10-18-17-27-21-16-19(23)8-9-20(18)21/h8-9,16-17,27H,2-7,10-15H2,1H3,(H2,24,25,26). The van der Waals surface area contributed by atoms with Crippen LogP contribution in [0.1, 0.15) is 44.1 Å². The minimum atomic E-state index is -0.209. The van der Waals surface area contributed by atoms with Gasteiger partial charge in [0.2, 0.25) is 0 Å². The van der Waals surface area contributed by atoms with Gasteiger partial charge < -0.3 is 20.5 Å². The lowest BCUT2D eigenvalue weighted by atomic mass is 10.1. The maximum Gasteiger partial charge on any atom is 0.190 e. The summed E-state index contributed by atoms with van der Waals surface area (Å²) in [5.41, 5.74) is 2.04. The summed E-state index contributed by atoms with van der Waals surface area (Å²) in [6.45, 7) is 5.58. The Hall–Kier alpha value is -2.08. The number of nitrogens with one attached hydrogen (secondary N) is 3. The van der Waals surface area contributed by atoms with Gasteiger partial charge in [0.15, 0.2) is 5.96 Å². The van der Waals surface area contributed by atoms with Gasteiger partial charge in [-0.05, 0) is 75.5 Å². The summed E-state index contributed by atoms with van der Waals surface area (Å²) in [6.07, 6.45) is 10.7. The van der Waals surface area contributed by atoms with Gasteiger partial charge in [-0.3, -0.25) is 4.99 Å². The number of piperidine rings is 1. The van der Waals surface area contributed by atoms with Crippen molar-refractivity contribution in [3.8, 4) is 0 Å². The van der Waals surface area contributed by atoms with Crippen LogP contribution < -0.4 is 10.6 Å². The van der Waals surface area contributed by atoms with Crippen LogP contribution in [0.4, 0.5) is 4.39 Å². The predicted octanol–water partition coefficient (Wildman–Crippen LogP) is 3.67. The van der Waals surface area contributed by atoms with Crippen molar-refractivity contribution in [2.75, 3.05) is 39.8 Å². The van der Waals surface area contributed by atoms with Gasteiger partial charge in [0.05, 0.1) is 0 Å². The second-order valence-corrected chi connectivity index (χ2v) is 7.64. The van der Waals surface area contributed by atoms with Crippen molar-refractivity contribution in [3.63, 3.8) is 0 Å². The first-order valence-electron chi connectivity index (χ1n) is 10.7. The zero-order chi connectivity index (χ0) is 19.6. The third-order valence-electron chi connectivity index (χ3n) is 5.53. The number of hydrogen-bond donors (Lipinski definition) is 3. The molecule has 1 aliphatic heterocycles. The Kier molecular flexibility index (Phi) is 8.15. The molecule has 3 rings (SSSR count). The van der Waals surface area contributed by atoms with Crippen LogP contribution in [0.25, 0.3) is 10.9 Å². The van der Waals surface area contributed by atoms with Crippen LogP contribution in [0.2, 0.25) is 0 Å². The highest BCUT2D eigenvalue weighted by molar-refractivity contribution is 5.83. The molecule has 1 aromatic heterocycles. The second-order valence-electron chi connectivity index (χ2n) is 7.64. The van der Waals surface area contributed by atoms with Crippen molar-refractivity contribution in [2.24, 2.45) is 4.99 Å². The number of guanidine groups is 1. The molecular weight excluding hydrogens is 353 g/mol. The molecule has 1 saturated heterocycles. The van der Waals surface area contributed by atoms with Crippen LogP contribution in [0.3, 0.4) is 0 Å². The van der Waals surface area contributed by atoms with Gasteiger partial charge in [0, 0.05) is 37.2 Å². The normalized spacial score (nSPS) is 15.9. The van der Waals surface area contributed by atoms with Crippen LogP contribution in [-0.2, 0) is 6.42 Å². The topological polar surface area (TPSA) is 55.5 Å². The predicted molar refractivity (Wildman–Crippen MR) is 115 cm³/mol. The average molecular weight is 388 g/mol. The SMILES string of the molecule is CN=C(NCCCCCN1CCCCC1)NCCc1c[nH]c2cc(F)ccc12. The molecule has 1 fully saturated rings. The summed E-state index contributed by atoms with van der Waals surface area (Å²) in [6, 6.07) is 4.89. The van der Waals surface area contributed by atoms with E-state index in [1.54, 1.807) is 7.05 Å². The zero-order valence-electron chi connectivity index (χ0n) is 17.1. The van der Waals surface area contributed by atoms with E-state index in [0.717, 1.165) is 36.4 Å². The van der Waals surface area contributed by atoms with E-state index in [4.69, 9.17) is 0 Å². The Morgan fingerprint density at radius 1 is 1.11 bits per heavy atom. The Morgan fingerprint density at radius 3 is 2.75 bits per heavy atom. The number of aromatic amines is 1. The van der Waals surface area contributed by atoms with E-state index in [1.807, 2.05) is 12.3 Å². The monoisotopic (exact) mass is 387 g/mol. The largest absolute Gasteiger partial charge is 0.361 e. The number of rotatable bonds is 9. The fraction of sp³-hybridized carbons (Fsp3) is 0.591. The molecule has 0 radical (unpaired) electrons. The molecule has 0 atom stereocenters. The summed E-state index contributed by atoms with van der Waals surface area (Å²) in [4.78, 5) is 10.0. The molecule has 0 saturated carbocycles. The molecule has 3 N–H and O–H groups in total. The minimum Gasteiger partial charge on any atom is -0.361 e. The maximum atomic E-state index is 13.3. The van der Waals surface area contributed by atoms with E-state index in [-0.39, 0.29) is 5.82 Å². The summed E-state index contributed by atoms with van der Waals surface area (Å²) in [5, 5.41) is 7.85. The number of unbranched alkanes of at least 4 members (excludes halogenated alkanes) is 2. The minimum absolute atomic E-state index is 0.209. The highest BCUT2D eigenvalue weighted by Crippen LogP contribution is 2.19. The van der Waals surface area contributed by atoms with Crippen LogP contribution in [0.5, 0.6) is 0 Å². The molecule has 0 amide bonds. The number of H-pyrrole nitrogens is 1. The quantitative estimate of drug-likeness (QED) is 0.350. The Morgan fingerprint density at radius 2 is 1.93 bits per heavy atom. The summed E-state index contributed by atoms with van der Waals surface area (Å²) in [5.74, 6) is 0.640. The highest BCUT2D eigenvalue weighted by Gasteiger charge is 2.09. The van der Waals surface area contributed by atoms with E-state index in [1.165, 1.54) is 75.9 Å². The summed E-state index contributed by atoms with van der Waals surface area (Å²) < 4.78 is 13.3. The second kappa shape index (κ2) is 11.1. The van der Waals surface area contributed by atoms with Gasteiger partial charge in [0.1, 0.15) is 5.82 Å². The molecular formula is C22H34FN5. The van der Waals surface area contributed by atoms with E-state index < -0.39 is 0 Å². The van der Waals surface area contributed by atoms with E-state index in [0.29, 0.717) is 0 Å². The van der Waals surface area contributed by atoms with Gasteiger partial charge in [-0.25, -0.2) is 4.39 Å². The van der Waals surface area contributed by atoms with Crippen LogP contribution in [0.15, 0.2) is 29.4 Å². The molecule has 2 aromatic rings. The molecule has 0 spiro atoms. The van der Waals surface area contributed by atoms with Gasteiger partial charge >= 0.3 is 0 Å². The Labute approximate surface area is 167 Å². The number of fused-ring (bicyclic) bond motifs is 1. The van der Waals surface area contributed by atoms with Crippen LogP contribution >= 0.6 is 0 Å². The van der Waals surface area contributed by atoms with Crippen molar-refractivity contribution < 1.29 is 4.39 Å². The molecule has 0 unspecified atom stereocenters. The zero-order valence-corrected chi connectivity index (χ0v) is 17.1. The van der Waals surface area contributed by atoms with E-state index in [9.17, 15) is 4.39 Å². The molecule has 28 heavy (non-hydrogen) atoms. The average Bonchev–Trinajstić information content (AvgIpc) is 3.12. The molecule has 6 heteroatoms. The number of hydrogen-bond acceptors (Lipinski definition) is 2. The van der Waals surface area contributed by atoms with Gasteiger partial charge in [-0.15, -0.1) is 0 Å². The lowest BCUT2D eigenvalue weighted by Crippen LogP contribution is -2.38. The van der Waals surface area contributed by atoms with Crippen molar-refractivity contribution in [1.29, 1.82) is 0 Å². The third kappa shape index (κ3) is 6.23. The first-order valence-corrected chi connectivity index (χ1v) is 10.7.